The Morgan fingerprint density at radius 1 is 1.05 bits per heavy atom. The molecule has 0 aliphatic heterocycles. The van der Waals surface area contributed by atoms with Gasteiger partial charge in [0.15, 0.2) is 0 Å². The van der Waals surface area contributed by atoms with Crippen LogP contribution < -0.4 is 0 Å². The summed E-state index contributed by atoms with van der Waals surface area (Å²) in [6.07, 6.45) is 2.29. The van der Waals surface area contributed by atoms with Crippen LogP contribution in [0.25, 0.3) is 0 Å². The summed E-state index contributed by atoms with van der Waals surface area (Å²) < 4.78 is 0. The minimum absolute atomic E-state index is 0.289. The maximum atomic E-state index is 9.92. The number of hydrogen-bond acceptors (Lipinski definition) is 3. The Labute approximate surface area is 120 Å². The lowest BCUT2D eigenvalue weighted by atomic mass is 10.2. The van der Waals surface area contributed by atoms with Crippen molar-refractivity contribution < 1.29 is 5.11 Å². The summed E-state index contributed by atoms with van der Waals surface area (Å²) in [4.78, 5) is 6.61. The average molecular weight is 270 g/mol. The van der Waals surface area contributed by atoms with Crippen molar-refractivity contribution in [1.29, 1.82) is 0 Å². The van der Waals surface area contributed by atoms with Gasteiger partial charge in [0, 0.05) is 25.8 Å². The summed E-state index contributed by atoms with van der Waals surface area (Å²) >= 11 is 0. The molecule has 1 atom stereocenters. The Morgan fingerprint density at radius 3 is 2.45 bits per heavy atom. The van der Waals surface area contributed by atoms with Crippen LogP contribution in [0.2, 0.25) is 0 Å². The van der Waals surface area contributed by atoms with Gasteiger partial charge in [0.2, 0.25) is 0 Å². The standard InChI is InChI=1S/C17H22N2O/c1-2-17(20)14-19(12-15-8-4-3-5-9-15)13-16-10-6-7-11-18-16/h3-11,17,20H,2,12-14H2,1H3. The minimum Gasteiger partial charge on any atom is -0.392 e. The van der Waals surface area contributed by atoms with Crippen LogP contribution in [0.1, 0.15) is 24.6 Å². The van der Waals surface area contributed by atoms with Crippen molar-refractivity contribution >= 4 is 0 Å². The number of hydrogen-bond donors (Lipinski definition) is 1. The maximum absolute atomic E-state index is 9.92. The minimum atomic E-state index is -0.289. The molecule has 1 N–H and O–H groups in total. The zero-order valence-corrected chi connectivity index (χ0v) is 11.9. The van der Waals surface area contributed by atoms with Crippen molar-refractivity contribution in [1.82, 2.24) is 9.88 Å². The largest absolute Gasteiger partial charge is 0.392 e. The quantitative estimate of drug-likeness (QED) is 0.840. The molecule has 1 aromatic carbocycles. The van der Waals surface area contributed by atoms with Crippen LogP contribution in [0.3, 0.4) is 0 Å². The van der Waals surface area contributed by atoms with E-state index in [1.165, 1.54) is 5.56 Å². The first kappa shape index (κ1) is 14.7. The number of pyridine rings is 1. The predicted octanol–water partition coefficient (Wildman–Crippen LogP) is 2.85. The zero-order chi connectivity index (χ0) is 14.2. The highest BCUT2D eigenvalue weighted by Gasteiger charge is 2.12. The molecule has 20 heavy (non-hydrogen) atoms. The van der Waals surface area contributed by atoms with Gasteiger partial charge in [-0.1, -0.05) is 43.3 Å². The van der Waals surface area contributed by atoms with Crippen LogP contribution in [-0.2, 0) is 13.1 Å². The molecular weight excluding hydrogens is 248 g/mol. The van der Waals surface area contributed by atoms with Gasteiger partial charge in [-0.2, -0.15) is 0 Å². The number of aliphatic hydroxyl groups excluding tert-OH is 1. The summed E-state index contributed by atoms with van der Waals surface area (Å²) in [5, 5.41) is 9.92. The maximum Gasteiger partial charge on any atom is 0.0664 e. The van der Waals surface area contributed by atoms with Gasteiger partial charge in [0.1, 0.15) is 0 Å². The predicted molar refractivity (Wildman–Crippen MR) is 81.1 cm³/mol. The van der Waals surface area contributed by atoms with E-state index in [-0.39, 0.29) is 6.10 Å². The molecule has 0 spiro atoms. The van der Waals surface area contributed by atoms with Crippen LogP contribution in [0.15, 0.2) is 54.7 Å². The van der Waals surface area contributed by atoms with Crippen LogP contribution in [0.4, 0.5) is 0 Å². The van der Waals surface area contributed by atoms with Crippen molar-refractivity contribution in [3.63, 3.8) is 0 Å². The fourth-order valence-corrected chi connectivity index (χ4v) is 2.17. The summed E-state index contributed by atoms with van der Waals surface area (Å²) in [7, 11) is 0. The number of benzene rings is 1. The Kier molecular flexibility index (Phi) is 5.71. The third-order valence-electron chi connectivity index (χ3n) is 3.30. The van der Waals surface area contributed by atoms with Crippen LogP contribution >= 0.6 is 0 Å². The molecular formula is C17H22N2O. The molecule has 0 saturated carbocycles. The summed E-state index contributed by atoms with van der Waals surface area (Å²) in [6, 6.07) is 16.3. The van der Waals surface area contributed by atoms with E-state index in [4.69, 9.17) is 0 Å². The van der Waals surface area contributed by atoms with Crippen LogP contribution in [0, 0.1) is 0 Å². The molecule has 0 amide bonds. The zero-order valence-electron chi connectivity index (χ0n) is 11.9. The molecule has 0 aliphatic carbocycles. The van der Waals surface area contributed by atoms with Crippen LogP contribution in [0.5, 0.6) is 0 Å². The third kappa shape index (κ3) is 4.76. The lowest BCUT2D eigenvalue weighted by molar-refractivity contribution is 0.101. The SMILES string of the molecule is CCC(O)CN(Cc1ccccc1)Cc1ccccn1. The van der Waals surface area contributed by atoms with Gasteiger partial charge < -0.3 is 5.11 Å². The van der Waals surface area contributed by atoms with Gasteiger partial charge in [0.25, 0.3) is 0 Å². The summed E-state index contributed by atoms with van der Waals surface area (Å²) in [5.41, 5.74) is 2.29. The monoisotopic (exact) mass is 270 g/mol. The smallest absolute Gasteiger partial charge is 0.0664 e. The molecule has 3 nitrogen and oxygen atoms in total. The first-order valence-electron chi connectivity index (χ1n) is 7.12. The van der Waals surface area contributed by atoms with Gasteiger partial charge in [-0.25, -0.2) is 0 Å². The lowest BCUT2D eigenvalue weighted by Crippen LogP contribution is -2.31. The van der Waals surface area contributed by atoms with Crippen LogP contribution in [-0.4, -0.2) is 27.6 Å². The fourth-order valence-electron chi connectivity index (χ4n) is 2.17. The summed E-state index contributed by atoms with van der Waals surface area (Å²) in [6.45, 7) is 4.26. The van der Waals surface area contributed by atoms with Crippen molar-refractivity contribution in [2.24, 2.45) is 0 Å². The molecule has 0 saturated heterocycles. The number of aromatic nitrogens is 1. The highest BCUT2D eigenvalue weighted by atomic mass is 16.3. The van der Waals surface area contributed by atoms with Crippen molar-refractivity contribution in [2.75, 3.05) is 6.54 Å². The third-order valence-corrected chi connectivity index (χ3v) is 3.30. The molecule has 106 valence electrons. The number of rotatable bonds is 7. The van der Waals surface area contributed by atoms with E-state index in [2.05, 4.69) is 22.0 Å². The molecule has 1 aromatic heterocycles. The van der Waals surface area contributed by atoms with E-state index in [1.807, 2.05) is 49.5 Å². The first-order chi connectivity index (χ1) is 9.78. The Morgan fingerprint density at radius 2 is 1.80 bits per heavy atom. The molecule has 2 aromatic rings. The number of aliphatic hydroxyl groups is 1. The van der Waals surface area contributed by atoms with Gasteiger partial charge in [-0.3, -0.25) is 9.88 Å². The van der Waals surface area contributed by atoms with Crippen molar-refractivity contribution in [3.8, 4) is 0 Å². The molecule has 0 bridgehead atoms. The van der Waals surface area contributed by atoms with Crippen molar-refractivity contribution in [2.45, 2.75) is 32.5 Å². The molecule has 2 rings (SSSR count). The normalized spacial score (nSPS) is 12.6. The Bertz CT molecular complexity index is 445. The fraction of sp³-hybridized carbons (Fsp3) is 0.353. The van der Waals surface area contributed by atoms with E-state index in [1.54, 1.807) is 0 Å². The molecule has 0 fully saturated rings. The van der Waals surface area contributed by atoms with Gasteiger partial charge in [-0.15, -0.1) is 0 Å². The second kappa shape index (κ2) is 7.78. The molecule has 0 aliphatic rings. The van der Waals surface area contributed by atoms with E-state index in [9.17, 15) is 5.11 Å². The molecule has 1 heterocycles. The van der Waals surface area contributed by atoms with E-state index < -0.39 is 0 Å². The topological polar surface area (TPSA) is 36.4 Å². The molecule has 1 unspecified atom stereocenters. The Balaban J connectivity index is 2.04. The highest BCUT2D eigenvalue weighted by Crippen LogP contribution is 2.10. The van der Waals surface area contributed by atoms with E-state index in [0.29, 0.717) is 6.54 Å². The number of nitrogens with zero attached hydrogens (tertiary/aromatic N) is 2. The van der Waals surface area contributed by atoms with Gasteiger partial charge in [-0.05, 0) is 24.1 Å². The molecule has 0 radical (unpaired) electrons. The summed E-state index contributed by atoms with van der Waals surface area (Å²) in [5.74, 6) is 0. The van der Waals surface area contributed by atoms with Gasteiger partial charge in [0.05, 0.1) is 11.8 Å². The lowest BCUT2D eigenvalue weighted by Gasteiger charge is -2.24. The molecule has 3 heteroatoms. The Hall–Kier alpha value is -1.71. The first-order valence-corrected chi connectivity index (χ1v) is 7.12. The highest BCUT2D eigenvalue weighted by molar-refractivity contribution is 5.14. The van der Waals surface area contributed by atoms with Gasteiger partial charge >= 0.3 is 0 Å². The second-order valence-electron chi connectivity index (χ2n) is 5.04. The average Bonchev–Trinajstić information content (AvgIpc) is 2.49. The van der Waals surface area contributed by atoms with E-state index >= 15 is 0 Å². The van der Waals surface area contributed by atoms with E-state index in [0.717, 1.165) is 25.2 Å². The second-order valence-corrected chi connectivity index (χ2v) is 5.04. The van der Waals surface area contributed by atoms with Crippen molar-refractivity contribution in [3.05, 3.63) is 66.0 Å².